The third-order valence-electron chi connectivity index (χ3n) is 3.35. The number of likely N-dealkylation sites (N-methyl/N-ethyl adjacent to an activating group) is 1. The smallest absolute Gasteiger partial charge is 0.243 e. The van der Waals surface area contributed by atoms with E-state index in [9.17, 15) is 8.42 Å². The third-order valence-corrected chi connectivity index (χ3v) is 4.76. The first-order valence-corrected chi connectivity index (χ1v) is 8.86. The second-order valence-electron chi connectivity index (χ2n) is 5.72. The molecule has 0 aliphatic heterocycles. The standard InChI is InChI=1S/C13H25N5O2S/c1-17(2)9-7-16-21(19,20)13-10-15-18(11-13)8-3-6-14-12-4-5-12/h10-12,14,16H,3-9H2,1-2H3. The average Bonchev–Trinajstić information content (AvgIpc) is 3.10. The van der Waals surface area contributed by atoms with Crippen LogP contribution in [0.4, 0.5) is 0 Å². The number of aromatic nitrogens is 2. The van der Waals surface area contributed by atoms with E-state index in [0.29, 0.717) is 19.1 Å². The number of sulfonamides is 1. The Morgan fingerprint density at radius 2 is 2.14 bits per heavy atom. The van der Waals surface area contributed by atoms with Crippen LogP contribution in [0.15, 0.2) is 17.3 Å². The molecule has 0 aromatic carbocycles. The predicted octanol–water partition coefficient (Wildman–Crippen LogP) is -0.135. The van der Waals surface area contributed by atoms with Gasteiger partial charge in [-0.1, -0.05) is 0 Å². The van der Waals surface area contributed by atoms with Crippen LogP contribution < -0.4 is 10.0 Å². The Kier molecular flexibility index (Phi) is 5.74. The molecule has 8 heteroatoms. The summed E-state index contributed by atoms with van der Waals surface area (Å²) >= 11 is 0. The number of aryl methyl sites for hydroxylation is 1. The van der Waals surface area contributed by atoms with Crippen molar-refractivity contribution in [2.24, 2.45) is 0 Å². The van der Waals surface area contributed by atoms with Crippen molar-refractivity contribution < 1.29 is 8.42 Å². The van der Waals surface area contributed by atoms with Gasteiger partial charge in [0.25, 0.3) is 0 Å². The molecular formula is C13H25N5O2S. The summed E-state index contributed by atoms with van der Waals surface area (Å²) in [4.78, 5) is 2.16. The molecule has 2 rings (SSSR count). The first-order chi connectivity index (χ1) is 9.97. The summed E-state index contributed by atoms with van der Waals surface area (Å²) in [5.41, 5.74) is 0. The van der Waals surface area contributed by atoms with Crippen LogP contribution in [0.1, 0.15) is 19.3 Å². The van der Waals surface area contributed by atoms with Crippen LogP contribution in [-0.2, 0) is 16.6 Å². The second-order valence-corrected chi connectivity index (χ2v) is 7.49. The summed E-state index contributed by atoms with van der Waals surface area (Å²) in [5.74, 6) is 0. The Hall–Kier alpha value is -0.960. The van der Waals surface area contributed by atoms with Gasteiger partial charge in [0.1, 0.15) is 4.90 Å². The number of rotatable bonds is 10. The van der Waals surface area contributed by atoms with Gasteiger partial charge in [0.15, 0.2) is 0 Å². The van der Waals surface area contributed by atoms with Gasteiger partial charge in [-0.25, -0.2) is 13.1 Å². The van der Waals surface area contributed by atoms with Crippen molar-refractivity contribution >= 4 is 10.0 Å². The van der Waals surface area contributed by atoms with Crippen molar-refractivity contribution in [3.05, 3.63) is 12.4 Å². The molecule has 0 spiro atoms. The van der Waals surface area contributed by atoms with Gasteiger partial charge in [-0.05, 0) is 39.9 Å². The highest BCUT2D eigenvalue weighted by Gasteiger charge is 2.19. The molecule has 0 amide bonds. The molecule has 0 bridgehead atoms. The topological polar surface area (TPSA) is 79.3 Å². The minimum absolute atomic E-state index is 0.233. The Morgan fingerprint density at radius 3 is 2.81 bits per heavy atom. The highest BCUT2D eigenvalue weighted by Crippen LogP contribution is 2.18. The van der Waals surface area contributed by atoms with Crippen LogP contribution in [-0.4, -0.2) is 62.9 Å². The van der Waals surface area contributed by atoms with Crippen molar-refractivity contribution in [3.63, 3.8) is 0 Å². The summed E-state index contributed by atoms with van der Waals surface area (Å²) in [7, 11) is 0.365. The Labute approximate surface area is 126 Å². The lowest BCUT2D eigenvalue weighted by Gasteiger charge is -2.09. The first-order valence-electron chi connectivity index (χ1n) is 7.37. The molecule has 2 N–H and O–H groups in total. The molecule has 1 saturated carbocycles. The maximum Gasteiger partial charge on any atom is 0.243 e. The van der Waals surface area contributed by atoms with Gasteiger partial charge < -0.3 is 10.2 Å². The zero-order valence-corrected chi connectivity index (χ0v) is 13.6. The molecule has 1 aliphatic rings. The van der Waals surface area contributed by atoms with Crippen molar-refractivity contribution in [1.29, 1.82) is 0 Å². The minimum Gasteiger partial charge on any atom is -0.314 e. The molecule has 1 aromatic rings. The fraction of sp³-hybridized carbons (Fsp3) is 0.769. The highest BCUT2D eigenvalue weighted by atomic mass is 32.2. The van der Waals surface area contributed by atoms with Crippen LogP contribution in [0, 0.1) is 0 Å². The van der Waals surface area contributed by atoms with Crippen LogP contribution >= 0.6 is 0 Å². The lowest BCUT2D eigenvalue weighted by Crippen LogP contribution is -2.31. The molecule has 1 aromatic heterocycles. The van der Waals surface area contributed by atoms with E-state index < -0.39 is 10.0 Å². The largest absolute Gasteiger partial charge is 0.314 e. The van der Waals surface area contributed by atoms with Gasteiger partial charge in [0, 0.05) is 31.9 Å². The van der Waals surface area contributed by atoms with Crippen molar-refractivity contribution in [1.82, 2.24) is 24.7 Å². The minimum atomic E-state index is -3.44. The predicted molar refractivity (Wildman–Crippen MR) is 81.6 cm³/mol. The fourth-order valence-electron chi connectivity index (χ4n) is 1.93. The molecule has 0 unspecified atom stereocenters. The van der Waals surface area contributed by atoms with E-state index in [0.717, 1.165) is 19.5 Å². The summed E-state index contributed by atoms with van der Waals surface area (Å²) in [6.45, 7) is 2.74. The maximum atomic E-state index is 12.1. The molecule has 21 heavy (non-hydrogen) atoms. The van der Waals surface area contributed by atoms with E-state index in [1.165, 1.54) is 19.0 Å². The van der Waals surface area contributed by atoms with Crippen LogP contribution in [0.3, 0.4) is 0 Å². The number of nitrogens with zero attached hydrogens (tertiary/aromatic N) is 3. The summed E-state index contributed by atoms with van der Waals surface area (Å²) in [6.07, 6.45) is 6.51. The van der Waals surface area contributed by atoms with Gasteiger partial charge in [-0.2, -0.15) is 5.10 Å². The molecular weight excluding hydrogens is 290 g/mol. The molecule has 7 nitrogen and oxygen atoms in total. The lowest BCUT2D eigenvalue weighted by molar-refractivity contribution is 0.412. The van der Waals surface area contributed by atoms with Crippen LogP contribution in [0.5, 0.6) is 0 Å². The van der Waals surface area contributed by atoms with E-state index in [-0.39, 0.29) is 4.90 Å². The molecule has 1 aliphatic carbocycles. The van der Waals surface area contributed by atoms with Gasteiger partial charge in [-0.15, -0.1) is 0 Å². The molecule has 0 saturated heterocycles. The van der Waals surface area contributed by atoms with Crippen molar-refractivity contribution in [2.45, 2.75) is 36.7 Å². The van der Waals surface area contributed by atoms with Crippen molar-refractivity contribution in [3.8, 4) is 0 Å². The molecule has 1 heterocycles. The van der Waals surface area contributed by atoms with Crippen LogP contribution in [0.25, 0.3) is 0 Å². The van der Waals surface area contributed by atoms with Gasteiger partial charge >= 0.3 is 0 Å². The van der Waals surface area contributed by atoms with E-state index >= 15 is 0 Å². The van der Waals surface area contributed by atoms with E-state index in [1.807, 2.05) is 19.0 Å². The fourth-order valence-corrected chi connectivity index (χ4v) is 2.90. The number of nitrogens with one attached hydrogen (secondary N) is 2. The zero-order chi connectivity index (χ0) is 15.3. The molecule has 120 valence electrons. The lowest BCUT2D eigenvalue weighted by atomic mass is 10.4. The Morgan fingerprint density at radius 1 is 1.38 bits per heavy atom. The number of hydrogen-bond acceptors (Lipinski definition) is 5. The summed E-state index contributed by atoms with van der Waals surface area (Å²) in [5, 5.41) is 7.54. The van der Waals surface area contributed by atoms with Gasteiger partial charge in [-0.3, -0.25) is 4.68 Å². The average molecular weight is 315 g/mol. The van der Waals surface area contributed by atoms with Gasteiger partial charge in [0.05, 0.1) is 6.20 Å². The van der Waals surface area contributed by atoms with Gasteiger partial charge in [0.2, 0.25) is 10.0 Å². The molecule has 0 radical (unpaired) electrons. The maximum absolute atomic E-state index is 12.1. The monoisotopic (exact) mass is 315 g/mol. The third kappa shape index (κ3) is 5.74. The second kappa shape index (κ2) is 7.35. The van der Waals surface area contributed by atoms with E-state index in [2.05, 4.69) is 15.1 Å². The van der Waals surface area contributed by atoms with Crippen LogP contribution in [0.2, 0.25) is 0 Å². The Bertz CT molecular complexity index is 537. The summed E-state index contributed by atoms with van der Waals surface area (Å²) in [6, 6.07) is 0.708. The summed E-state index contributed by atoms with van der Waals surface area (Å²) < 4.78 is 28.4. The van der Waals surface area contributed by atoms with E-state index in [1.54, 1.807) is 10.9 Å². The molecule has 1 fully saturated rings. The van der Waals surface area contributed by atoms with Crippen molar-refractivity contribution in [2.75, 3.05) is 33.7 Å². The first kappa shape index (κ1) is 16.4. The number of hydrogen-bond donors (Lipinski definition) is 2. The Balaban J connectivity index is 1.76. The normalized spacial score (nSPS) is 15.8. The zero-order valence-electron chi connectivity index (χ0n) is 12.7. The SMILES string of the molecule is CN(C)CCNS(=O)(=O)c1cnn(CCCNC2CC2)c1. The molecule has 0 atom stereocenters. The quantitative estimate of drug-likeness (QED) is 0.588. The highest BCUT2D eigenvalue weighted by molar-refractivity contribution is 7.89. The van der Waals surface area contributed by atoms with E-state index in [4.69, 9.17) is 0 Å².